The van der Waals surface area contributed by atoms with Gasteiger partial charge in [0.05, 0.1) is 4.92 Å². The van der Waals surface area contributed by atoms with Crippen LogP contribution < -0.4 is 5.73 Å². The minimum Gasteiger partial charge on any atom is -0.327 e. The summed E-state index contributed by atoms with van der Waals surface area (Å²) in [6, 6.07) is 6.93. The number of aromatic nitrogens is 1. The number of fused-ring (bicyclic) bond motifs is 1. The topological polar surface area (TPSA) is 82.0 Å². The normalized spacial score (nSPS) is 13.4. The minimum absolute atomic E-state index is 0.0176. The Morgan fingerprint density at radius 2 is 2.05 bits per heavy atom. The van der Waals surface area contributed by atoms with Crippen LogP contribution in [0.1, 0.15) is 26.3 Å². The van der Waals surface area contributed by atoms with Crippen LogP contribution in [0.2, 0.25) is 0 Å². The molecular formula is C15H19N3O2. The Morgan fingerprint density at radius 3 is 2.65 bits per heavy atom. The molecule has 0 aliphatic heterocycles. The first-order chi connectivity index (χ1) is 9.30. The summed E-state index contributed by atoms with van der Waals surface area (Å²) in [6.45, 7) is 6.26. The molecule has 1 unspecified atom stereocenters. The number of hydrogen-bond donors (Lipinski definition) is 1. The number of nitrogens with zero attached hydrogens (tertiary/aromatic N) is 2. The minimum atomic E-state index is -0.400. The Labute approximate surface area is 118 Å². The van der Waals surface area contributed by atoms with E-state index in [1.165, 1.54) is 6.07 Å². The molecule has 1 atom stereocenters. The van der Waals surface area contributed by atoms with E-state index < -0.39 is 4.92 Å². The number of rotatable bonds is 3. The quantitative estimate of drug-likeness (QED) is 0.688. The van der Waals surface area contributed by atoms with Gasteiger partial charge in [0.1, 0.15) is 5.52 Å². The maximum absolute atomic E-state index is 11.0. The molecule has 2 rings (SSSR count). The van der Waals surface area contributed by atoms with Gasteiger partial charge in [-0.15, -0.1) is 0 Å². The molecule has 0 saturated carbocycles. The third-order valence-corrected chi connectivity index (χ3v) is 3.59. The van der Waals surface area contributed by atoms with E-state index in [1.54, 1.807) is 18.3 Å². The van der Waals surface area contributed by atoms with Gasteiger partial charge in [-0.2, -0.15) is 0 Å². The Morgan fingerprint density at radius 1 is 1.35 bits per heavy atom. The van der Waals surface area contributed by atoms with Gasteiger partial charge in [-0.05, 0) is 23.5 Å². The molecule has 2 aromatic rings. The number of hydrogen-bond acceptors (Lipinski definition) is 4. The highest BCUT2D eigenvalue weighted by atomic mass is 16.6. The van der Waals surface area contributed by atoms with Crippen LogP contribution in [0, 0.1) is 15.5 Å². The standard InChI is InChI=1S/C15H19N3O2/c1-15(2,3)13(16)9-10-6-7-12(18(19)20)14-11(10)5-4-8-17-14/h4-8,13H,9,16H2,1-3H3. The lowest BCUT2D eigenvalue weighted by Crippen LogP contribution is -2.36. The predicted molar refractivity (Wildman–Crippen MR) is 79.5 cm³/mol. The monoisotopic (exact) mass is 273 g/mol. The molecule has 0 spiro atoms. The van der Waals surface area contributed by atoms with Crippen LogP contribution in [-0.4, -0.2) is 15.9 Å². The molecule has 0 aliphatic rings. The van der Waals surface area contributed by atoms with Crippen molar-refractivity contribution in [2.45, 2.75) is 33.2 Å². The van der Waals surface area contributed by atoms with Crippen molar-refractivity contribution >= 4 is 16.6 Å². The lowest BCUT2D eigenvalue weighted by molar-refractivity contribution is -0.383. The van der Waals surface area contributed by atoms with Crippen LogP contribution in [0.3, 0.4) is 0 Å². The third kappa shape index (κ3) is 2.77. The third-order valence-electron chi connectivity index (χ3n) is 3.59. The van der Waals surface area contributed by atoms with Gasteiger partial charge in [-0.25, -0.2) is 4.98 Å². The van der Waals surface area contributed by atoms with Gasteiger partial charge in [0.15, 0.2) is 0 Å². The van der Waals surface area contributed by atoms with E-state index in [0.717, 1.165) is 10.9 Å². The van der Waals surface area contributed by atoms with Gasteiger partial charge in [-0.3, -0.25) is 10.1 Å². The number of benzene rings is 1. The number of nitro groups is 1. The number of nitrogens with two attached hydrogens (primary N) is 1. The Bertz CT molecular complexity index is 647. The molecule has 0 aliphatic carbocycles. The van der Waals surface area contributed by atoms with Gasteiger partial charge >= 0.3 is 0 Å². The van der Waals surface area contributed by atoms with Crippen molar-refractivity contribution in [3.8, 4) is 0 Å². The van der Waals surface area contributed by atoms with E-state index in [0.29, 0.717) is 11.9 Å². The maximum Gasteiger partial charge on any atom is 0.295 e. The van der Waals surface area contributed by atoms with Crippen molar-refractivity contribution in [2.24, 2.45) is 11.1 Å². The molecule has 0 bridgehead atoms. The Hall–Kier alpha value is -2.01. The van der Waals surface area contributed by atoms with Gasteiger partial charge in [0, 0.05) is 23.7 Å². The molecule has 5 heteroatoms. The van der Waals surface area contributed by atoms with E-state index in [9.17, 15) is 10.1 Å². The molecule has 0 saturated heterocycles. The van der Waals surface area contributed by atoms with Crippen LogP contribution in [0.15, 0.2) is 30.5 Å². The van der Waals surface area contributed by atoms with Crippen molar-refractivity contribution in [1.82, 2.24) is 4.98 Å². The fourth-order valence-electron chi connectivity index (χ4n) is 2.09. The molecule has 0 fully saturated rings. The first-order valence-corrected chi connectivity index (χ1v) is 6.57. The molecule has 1 aromatic heterocycles. The SMILES string of the molecule is CC(C)(C)C(N)Cc1ccc([N+](=O)[O-])c2ncccc12. The van der Waals surface area contributed by atoms with Gasteiger partial charge < -0.3 is 5.73 Å². The van der Waals surface area contributed by atoms with E-state index >= 15 is 0 Å². The van der Waals surface area contributed by atoms with Crippen LogP contribution >= 0.6 is 0 Å². The fraction of sp³-hybridized carbons (Fsp3) is 0.400. The lowest BCUT2D eigenvalue weighted by atomic mass is 9.83. The van der Waals surface area contributed by atoms with Crippen LogP contribution in [0.5, 0.6) is 0 Å². The van der Waals surface area contributed by atoms with Crippen LogP contribution in [0.25, 0.3) is 10.9 Å². The first-order valence-electron chi connectivity index (χ1n) is 6.57. The smallest absolute Gasteiger partial charge is 0.295 e. The van der Waals surface area contributed by atoms with Gasteiger partial charge in [0.25, 0.3) is 5.69 Å². The molecule has 2 N–H and O–H groups in total. The summed E-state index contributed by atoms with van der Waals surface area (Å²) in [6.07, 6.45) is 2.24. The molecule has 0 amide bonds. The fourth-order valence-corrected chi connectivity index (χ4v) is 2.09. The van der Waals surface area contributed by atoms with Crippen molar-refractivity contribution < 1.29 is 4.92 Å². The summed E-state index contributed by atoms with van der Waals surface area (Å²) in [5.74, 6) is 0. The summed E-state index contributed by atoms with van der Waals surface area (Å²) >= 11 is 0. The second kappa shape index (κ2) is 5.17. The number of nitro benzene ring substituents is 1. The van der Waals surface area contributed by atoms with Crippen LogP contribution in [-0.2, 0) is 6.42 Å². The summed E-state index contributed by atoms with van der Waals surface area (Å²) < 4.78 is 0. The summed E-state index contributed by atoms with van der Waals surface area (Å²) in [5, 5.41) is 11.9. The summed E-state index contributed by atoms with van der Waals surface area (Å²) in [7, 11) is 0. The van der Waals surface area contributed by atoms with Crippen molar-refractivity contribution in [1.29, 1.82) is 0 Å². The molecule has 1 heterocycles. The highest BCUT2D eigenvalue weighted by Crippen LogP contribution is 2.29. The zero-order chi connectivity index (χ0) is 14.9. The second-order valence-electron chi connectivity index (χ2n) is 6.08. The Balaban J connectivity index is 2.51. The van der Waals surface area contributed by atoms with Gasteiger partial charge in [-0.1, -0.05) is 32.9 Å². The van der Waals surface area contributed by atoms with Gasteiger partial charge in [0.2, 0.25) is 0 Å². The molecule has 5 nitrogen and oxygen atoms in total. The largest absolute Gasteiger partial charge is 0.327 e. The Kier molecular flexibility index (Phi) is 3.72. The second-order valence-corrected chi connectivity index (χ2v) is 6.08. The first kappa shape index (κ1) is 14.4. The molecule has 20 heavy (non-hydrogen) atoms. The van der Waals surface area contributed by atoms with E-state index in [-0.39, 0.29) is 17.1 Å². The van der Waals surface area contributed by atoms with E-state index in [1.807, 2.05) is 6.07 Å². The average Bonchev–Trinajstić information content (AvgIpc) is 2.37. The molecule has 106 valence electrons. The predicted octanol–water partition coefficient (Wildman–Crippen LogP) is 3.06. The lowest BCUT2D eigenvalue weighted by Gasteiger charge is -2.27. The zero-order valence-electron chi connectivity index (χ0n) is 12.0. The molecular weight excluding hydrogens is 254 g/mol. The van der Waals surface area contributed by atoms with E-state index in [4.69, 9.17) is 5.73 Å². The average molecular weight is 273 g/mol. The number of pyridine rings is 1. The highest BCUT2D eigenvalue weighted by molar-refractivity contribution is 5.89. The number of non-ortho nitro benzene ring substituents is 1. The van der Waals surface area contributed by atoms with Crippen molar-refractivity contribution in [3.63, 3.8) is 0 Å². The van der Waals surface area contributed by atoms with E-state index in [2.05, 4.69) is 25.8 Å². The van der Waals surface area contributed by atoms with Crippen molar-refractivity contribution in [2.75, 3.05) is 0 Å². The summed E-state index contributed by atoms with van der Waals surface area (Å²) in [5.41, 5.74) is 7.66. The zero-order valence-corrected chi connectivity index (χ0v) is 12.0. The molecule has 0 radical (unpaired) electrons. The van der Waals surface area contributed by atoms with Crippen molar-refractivity contribution in [3.05, 3.63) is 46.1 Å². The van der Waals surface area contributed by atoms with Crippen LogP contribution in [0.4, 0.5) is 5.69 Å². The summed E-state index contributed by atoms with van der Waals surface area (Å²) in [4.78, 5) is 14.8. The maximum atomic E-state index is 11.0. The highest BCUT2D eigenvalue weighted by Gasteiger charge is 2.23. The molecule has 1 aromatic carbocycles.